The highest BCUT2D eigenvalue weighted by Gasteiger charge is 2.17. The summed E-state index contributed by atoms with van der Waals surface area (Å²) in [4.78, 5) is 13.4. The Morgan fingerprint density at radius 1 is 0.970 bits per heavy atom. The monoisotopic (exact) mass is 598 g/mol. The lowest BCUT2D eigenvalue weighted by Crippen LogP contribution is -2.15. The van der Waals surface area contributed by atoms with Crippen molar-refractivity contribution in [2.24, 2.45) is 0 Å². The van der Waals surface area contributed by atoms with Gasteiger partial charge in [0.25, 0.3) is 10.0 Å². The highest BCUT2D eigenvalue weighted by Crippen LogP contribution is 2.31. The molecule has 0 aliphatic carbocycles. The van der Waals surface area contributed by atoms with Crippen molar-refractivity contribution >= 4 is 61.7 Å². The third kappa shape index (κ3) is 7.27. The Kier molecular flexibility index (Phi) is 8.87. The minimum absolute atomic E-state index is 0.0552. The van der Waals surface area contributed by atoms with E-state index in [2.05, 4.69) is 32.6 Å². The van der Waals surface area contributed by atoms with Crippen LogP contribution in [0.25, 0.3) is 0 Å². The highest BCUT2D eigenvalue weighted by molar-refractivity contribution is 14.1. The molecule has 0 aliphatic heterocycles. The number of carbonyl (C=O) groups excluding carboxylic acids is 1. The van der Waals surface area contributed by atoms with Gasteiger partial charge >= 0.3 is 0 Å². The first-order valence-electron chi connectivity index (χ1n) is 9.84. The minimum Gasteiger partial charge on any atom is -0.497 e. The number of nitrogens with one attached hydrogen (secondary N) is 2. The van der Waals surface area contributed by atoms with Crippen LogP contribution in [0.2, 0.25) is 0 Å². The van der Waals surface area contributed by atoms with Gasteiger partial charge in [0.15, 0.2) is 0 Å². The Balaban J connectivity index is 1.58. The summed E-state index contributed by atoms with van der Waals surface area (Å²) in [5.74, 6) is 1.37. The molecule has 0 spiro atoms. The molecule has 33 heavy (non-hydrogen) atoms. The molecule has 0 saturated heterocycles. The molecule has 174 valence electrons. The molecule has 0 aliphatic rings. The van der Waals surface area contributed by atoms with E-state index >= 15 is 0 Å². The van der Waals surface area contributed by atoms with Gasteiger partial charge in [0.05, 0.1) is 24.8 Å². The van der Waals surface area contributed by atoms with Gasteiger partial charge in [-0.05, 0) is 83.3 Å². The number of hydrogen-bond donors (Lipinski definition) is 2. The van der Waals surface area contributed by atoms with Gasteiger partial charge in [0.1, 0.15) is 11.5 Å². The van der Waals surface area contributed by atoms with E-state index in [0.717, 1.165) is 8.47 Å². The molecule has 0 atom stereocenters. The van der Waals surface area contributed by atoms with Crippen LogP contribution in [-0.4, -0.2) is 34.3 Å². The zero-order valence-electron chi connectivity index (χ0n) is 18.0. The molecule has 0 radical (unpaired) electrons. The fourth-order valence-corrected chi connectivity index (χ4v) is 5.10. The average Bonchev–Trinajstić information content (AvgIpc) is 2.80. The molecule has 0 bridgehead atoms. The molecule has 10 heteroatoms. The van der Waals surface area contributed by atoms with Crippen LogP contribution in [-0.2, 0) is 14.8 Å². The van der Waals surface area contributed by atoms with Gasteiger partial charge in [-0.2, -0.15) is 0 Å². The predicted octanol–water partition coefficient (Wildman–Crippen LogP) is 5.23. The molecule has 0 heterocycles. The van der Waals surface area contributed by atoms with Crippen molar-refractivity contribution in [1.29, 1.82) is 0 Å². The average molecular weight is 598 g/mol. The molecule has 3 aromatic rings. The van der Waals surface area contributed by atoms with Crippen molar-refractivity contribution in [1.82, 2.24) is 0 Å². The Labute approximate surface area is 211 Å². The first-order valence-corrected chi connectivity index (χ1v) is 13.4. The standard InChI is InChI=1S/C23H23IN2O5S2/c1-30-18-7-12-22(31-2)21(15-18)26-33(28,29)20-10-5-17(6-11-20)25-23(27)13-14-32-19-8-3-16(24)4-9-19/h3-12,15,26H,13-14H2,1-2H3,(H,25,27). The molecule has 1 amide bonds. The van der Waals surface area contributed by atoms with Gasteiger partial charge in [-0.25, -0.2) is 8.42 Å². The van der Waals surface area contributed by atoms with E-state index in [1.54, 1.807) is 42.1 Å². The molecule has 7 nitrogen and oxygen atoms in total. The van der Waals surface area contributed by atoms with E-state index in [1.807, 2.05) is 24.3 Å². The van der Waals surface area contributed by atoms with Crippen LogP contribution >= 0.6 is 34.4 Å². The lowest BCUT2D eigenvalue weighted by molar-refractivity contribution is -0.115. The third-order valence-corrected chi connectivity index (χ3v) is 7.63. The number of anilines is 2. The van der Waals surface area contributed by atoms with Gasteiger partial charge in [0.2, 0.25) is 5.91 Å². The second-order valence-corrected chi connectivity index (χ2v) is 10.9. The van der Waals surface area contributed by atoms with Gasteiger partial charge in [-0.1, -0.05) is 0 Å². The first kappa shape index (κ1) is 25.2. The number of thioether (sulfide) groups is 1. The molecule has 0 unspecified atom stereocenters. The van der Waals surface area contributed by atoms with Crippen molar-refractivity contribution in [3.05, 3.63) is 70.3 Å². The summed E-state index contributed by atoms with van der Waals surface area (Å²) in [6, 6.07) is 18.9. The van der Waals surface area contributed by atoms with Crippen LogP contribution in [0.3, 0.4) is 0 Å². The van der Waals surface area contributed by atoms with Crippen molar-refractivity contribution in [3.63, 3.8) is 0 Å². The zero-order valence-corrected chi connectivity index (χ0v) is 21.8. The number of amides is 1. The van der Waals surface area contributed by atoms with E-state index in [0.29, 0.717) is 29.4 Å². The number of carbonyl (C=O) groups is 1. The molecule has 3 aromatic carbocycles. The largest absolute Gasteiger partial charge is 0.497 e. The molecule has 0 saturated carbocycles. The summed E-state index contributed by atoms with van der Waals surface area (Å²) in [5, 5.41) is 2.79. The summed E-state index contributed by atoms with van der Waals surface area (Å²) in [7, 11) is -0.918. The van der Waals surface area contributed by atoms with Crippen LogP contribution in [0.15, 0.2) is 76.5 Å². The molecule has 0 aromatic heterocycles. The van der Waals surface area contributed by atoms with Crippen LogP contribution in [0.5, 0.6) is 11.5 Å². The van der Waals surface area contributed by atoms with Crippen LogP contribution in [0, 0.1) is 3.57 Å². The van der Waals surface area contributed by atoms with E-state index < -0.39 is 10.0 Å². The minimum atomic E-state index is -3.87. The number of ether oxygens (including phenoxy) is 2. The molecular formula is C23H23IN2O5S2. The lowest BCUT2D eigenvalue weighted by Gasteiger charge is -2.13. The Morgan fingerprint density at radius 3 is 2.30 bits per heavy atom. The van der Waals surface area contributed by atoms with Gasteiger partial charge in [-0.15, -0.1) is 11.8 Å². The summed E-state index contributed by atoms with van der Waals surface area (Å²) in [5.41, 5.74) is 0.789. The summed E-state index contributed by atoms with van der Waals surface area (Å²) in [6.07, 6.45) is 0.341. The van der Waals surface area contributed by atoms with Gasteiger partial charge in [0, 0.05) is 32.4 Å². The third-order valence-electron chi connectivity index (χ3n) is 4.51. The van der Waals surface area contributed by atoms with Crippen LogP contribution in [0.4, 0.5) is 11.4 Å². The van der Waals surface area contributed by atoms with Crippen LogP contribution in [0.1, 0.15) is 6.42 Å². The van der Waals surface area contributed by atoms with Gasteiger partial charge in [-0.3, -0.25) is 9.52 Å². The predicted molar refractivity (Wildman–Crippen MR) is 140 cm³/mol. The zero-order chi connectivity index (χ0) is 23.8. The fourth-order valence-electron chi connectivity index (χ4n) is 2.83. The first-order chi connectivity index (χ1) is 15.8. The lowest BCUT2D eigenvalue weighted by atomic mass is 10.3. The second-order valence-electron chi connectivity index (χ2n) is 6.80. The second kappa shape index (κ2) is 11.6. The highest BCUT2D eigenvalue weighted by atomic mass is 127. The maximum atomic E-state index is 12.8. The number of halogens is 1. The van der Waals surface area contributed by atoms with E-state index in [1.165, 1.54) is 26.4 Å². The fraction of sp³-hybridized carbons (Fsp3) is 0.174. The Hall–Kier alpha value is -2.44. The van der Waals surface area contributed by atoms with Crippen molar-refractivity contribution in [2.75, 3.05) is 30.0 Å². The number of rotatable bonds is 10. The quantitative estimate of drug-likeness (QED) is 0.245. The molecular weight excluding hydrogens is 575 g/mol. The number of sulfonamides is 1. The topological polar surface area (TPSA) is 93.7 Å². The number of methoxy groups -OCH3 is 2. The normalized spacial score (nSPS) is 11.0. The Morgan fingerprint density at radius 2 is 1.67 bits per heavy atom. The maximum absolute atomic E-state index is 12.8. The SMILES string of the molecule is COc1ccc(OC)c(NS(=O)(=O)c2ccc(NC(=O)CCSc3ccc(I)cc3)cc2)c1. The summed E-state index contributed by atoms with van der Waals surface area (Å²) in [6.45, 7) is 0. The smallest absolute Gasteiger partial charge is 0.262 e. The number of hydrogen-bond acceptors (Lipinski definition) is 6. The van der Waals surface area contributed by atoms with E-state index in [4.69, 9.17) is 9.47 Å². The van der Waals surface area contributed by atoms with Crippen molar-refractivity contribution in [3.8, 4) is 11.5 Å². The van der Waals surface area contributed by atoms with Crippen LogP contribution < -0.4 is 19.5 Å². The summed E-state index contributed by atoms with van der Waals surface area (Å²) < 4.78 is 39.7. The number of benzene rings is 3. The van der Waals surface area contributed by atoms with Crippen molar-refractivity contribution in [2.45, 2.75) is 16.2 Å². The Bertz CT molecular complexity index is 1200. The maximum Gasteiger partial charge on any atom is 0.262 e. The molecule has 3 rings (SSSR count). The van der Waals surface area contributed by atoms with Gasteiger partial charge < -0.3 is 14.8 Å². The summed E-state index contributed by atoms with van der Waals surface area (Å²) >= 11 is 3.86. The van der Waals surface area contributed by atoms with E-state index in [-0.39, 0.29) is 16.5 Å². The molecule has 0 fully saturated rings. The molecule has 2 N–H and O–H groups in total. The van der Waals surface area contributed by atoms with Crippen molar-refractivity contribution < 1.29 is 22.7 Å². The van der Waals surface area contributed by atoms with E-state index in [9.17, 15) is 13.2 Å².